The average molecular weight is 359 g/mol. The molecule has 4 nitrogen and oxygen atoms in total. The highest BCUT2D eigenvalue weighted by atomic mass is 35.5. The Balaban J connectivity index is 1.50. The lowest BCUT2D eigenvalue weighted by molar-refractivity contribution is -0.116. The van der Waals surface area contributed by atoms with Crippen LogP contribution in [0, 0.1) is 0 Å². The van der Waals surface area contributed by atoms with Gasteiger partial charge in [-0.05, 0) is 54.8 Å². The molecule has 1 aliphatic rings. The number of amides is 1. The summed E-state index contributed by atoms with van der Waals surface area (Å²) in [4.78, 5) is 14.4. The van der Waals surface area contributed by atoms with Gasteiger partial charge < -0.3 is 15.0 Å². The second kappa shape index (κ2) is 8.37. The van der Waals surface area contributed by atoms with E-state index in [1.165, 1.54) is 0 Å². The van der Waals surface area contributed by atoms with Gasteiger partial charge in [0.2, 0.25) is 5.91 Å². The molecule has 0 spiro atoms. The Bertz CT molecular complexity index is 718. The van der Waals surface area contributed by atoms with Gasteiger partial charge in [-0.15, -0.1) is 0 Å². The lowest BCUT2D eigenvalue weighted by atomic mass is 10.1. The minimum atomic E-state index is 0.00773. The van der Waals surface area contributed by atoms with Gasteiger partial charge >= 0.3 is 0 Å². The Labute approximate surface area is 153 Å². The number of methoxy groups -OCH3 is 1. The molecule has 1 atom stereocenters. The second-order valence-electron chi connectivity index (χ2n) is 6.32. The first-order chi connectivity index (χ1) is 12.1. The van der Waals surface area contributed by atoms with Gasteiger partial charge in [0.05, 0.1) is 6.10 Å². The van der Waals surface area contributed by atoms with E-state index in [0.29, 0.717) is 24.0 Å². The fraction of sp³-hybridized carbons (Fsp3) is 0.350. The van der Waals surface area contributed by atoms with E-state index in [0.717, 1.165) is 36.4 Å². The molecule has 1 heterocycles. The van der Waals surface area contributed by atoms with Crippen LogP contribution in [-0.4, -0.2) is 32.2 Å². The Kier molecular flexibility index (Phi) is 5.95. The number of rotatable bonds is 6. The summed E-state index contributed by atoms with van der Waals surface area (Å²) in [7, 11) is 1.76. The molecule has 1 saturated heterocycles. The molecular weight excluding hydrogens is 336 g/mol. The highest BCUT2D eigenvalue weighted by molar-refractivity contribution is 6.30. The smallest absolute Gasteiger partial charge is 0.224 e. The summed E-state index contributed by atoms with van der Waals surface area (Å²) < 4.78 is 5.40. The number of anilines is 2. The number of carbonyl (C=O) groups excluding carboxylic acids is 1. The van der Waals surface area contributed by atoms with E-state index < -0.39 is 0 Å². The second-order valence-corrected chi connectivity index (χ2v) is 6.75. The molecule has 1 amide bonds. The predicted octanol–water partition coefficient (Wildman–Crippen LogP) is 4.14. The van der Waals surface area contributed by atoms with Crippen LogP contribution in [-0.2, 0) is 16.0 Å². The van der Waals surface area contributed by atoms with Crippen LogP contribution in [0.1, 0.15) is 18.4 Å². The summed E-state index contributed by atoms with van der Waals surface area (Å²) in [5.74, 6) is 0.00773. The quantitative estimate of drug-likeness (QED) is 0.843. The highest BCUT2D eigenvalue weighted by Gasteiger charge is 2.22. The van der Waals surface area contributed by atoms with Crippen LogP contribution >= 0.6 is 11.6 Å². The minimum Gasteiger partial charge on any atom is -0.380 e. The standard InChI is InChI=1S/C20H23ClN2O2/c1-25-19-11-12-23(14-19)18-8-6-17(7-9-18)22-20(24)10-5-15-3-2-4-16(21)13-15/h2-4,6-9,13,19H,5,10-12,14H2,1H3,(H,22,24). The number of benzene rings is 2. The van der Waals surface area contributed by atoms with Gasteiger partial charge in [0.15, 0.2) is 0 Å². The summed E-state index contributed by atoms with van der Waals surface area (Å²) in [6, 6.07) is 15.6. The van der Waals surface area contributed by atoms with Crippen LogP contribution in [0.4, 0.5) is 11.4 Å². The van der Waals surface area contributed by atoms with Crippen molar-refractivity contribution in [3.05, 3.63) is 59.1 Å². The fourth-order valence-corrected chi connectivity index (χ4v) is 3.30. The summed E-state index contributed by atoms with van der Waals surface area (Å²) in [6.45, 7) is 1.92. The van der Waals surface area contributed by atoms with Crippen molar-refractivity contribution in [1.29, 1.82) is 0 Å². The summed E-state index contributed by atoms with van der Waals surface area (Å²) in [5.41, 5.74) is 3.05. The molecule has 25 heavy (non-hydrogen) atoms. The van der Waals surface area contributed by atoms with E-state index in [1.54, 1.807) is 7.11 Å². The predicted molar refractivity (Wildman–Crippen MR) is 102 cm³/mol. The topological polar surface area (TPSA) is 41.6 Å². The zero-order valence-corrected chi connectivity index (χ0v) is 15.1. The van der Waals surface area contributed by atoms with Crippen molar-refractivity contribution < 1.29 is 9.53 Å². The maximum Gasteiger partial charge on any atom is 0.224 e. The molecule has 1 aliphatic heterocycles. The highest BCUT2D eigenvalue weighted by Crippen LogP contribution is 2.23. The zero-order chi connectivity index (χ0) is 17.6. The van der Waals surface area contributed by atoms with Crippen molar-refractivity contribution >= 4 is 28.9 Å². The van der Waals surface area contributed by atoms with Crippen molar-refractivity contribution in [2.24, 2.45) is 0 Å². The fourth-order valence-electron chi connectivity index (χ4n) is 3.08. The van der Waals surface area contributed by atoms with Gasteiger partial charge in [-0.2, -0.15) is 0 Å². The van der Waals surface area contributed by atoms with Crippen LogP contribution in [0.25, 0.3) is 0 Å². The van der Waals surface area contributed by atoms with Crippen LogP contribution in [0.3, 0.4) is 0 Å². The number of nitrogens with zero attached hydrogens (tertiary/aromatic N) is 1. The SMILES string of the molecule is COC1CCN(c2ccc(NC(=O)CCc3cccc(Cl)c3)cc2)C1. The summed E-state index contributed by atoms with van der Waals surface area (Å²) in [5, 5.41) is 3.65. The van der Waals surface area contributed by atoms with Crippen molar-refractivity contribution in [3.63, 3.8) is 0 Å². The largest absolute Gasteiger partial charge is 0.380 e. The van der Waals surface area contributed by atoms with Crippen LogP contribution in [0.15, 0.2) is 48.5 Å². The number of ether oxygens (including phenoxy) is 1. The zero-order valence-electron chi connectivity index (χ0n) is 14.4. The Morgan fingerprint density at radius 2 is 2.08 bits per heavy atom. The van der Waals surface area contributed by atoms with Crippen molar-refractivity contribution in [2.45, 2.75) is 25.4 Å². The van der Waals surface area contributed by atoms with Crippen molar-refractivity contribution in [1.82, 2.24) is 0 Å². The maximum absolute atomic E-state index is 12.1. The molecule has 0 aromatic heterocycles. The summed E-state index contributed by atoms with van der Waals surface area (Å²) in [6.07, 6.45) is 2.48. The lowest BCUT2D eigenvalue weighted by Gasteiger charge is -2.18. The molecule has 0 bridgehead atoms. The number of nitrogens with one attached hydrogen (secondary N) is 1. The molecule has 3 rings (SSSR count). The Hall–Kier alpha value is -2.04. The number of hydrogen-bond acceptors (Lipinski definition) is 3. The van der Waals surface area contributed by atoms with Gasteiger partial charge in [0.1, 0.15) is 0 Å². The van der Waals surface area contributed by atoms with E-state index in [4.69, 9.17) is 16.3 Å². The maximum atomic E-state index is 12.1. The van der Waals surface area contributed by atoms with E-state index in [-0.39, 0.29) is 5.91 Å². The monoisotopic (exact) mass is 358 g/mol. The average Bonchev–Trinajstić information content (AvgIpc) is 3.10. The van der Waals surface area contributed by atoms with E-state index >= 15 is 0 Å². The van der Waals surface area contributed by atoms with Gasteiger partial charge in [-0.25, -0.2) is 0 Å². The molecule has 2 aromatic rings. The molecule has 1 fully saturated rings. The van der Waals surface area contributed by atoms with E-state index in [1.807, 2.05) is 48.5 Å². The van der Waals surface area contributed by atoms with Gasteiger partial charge in [-0.3, -0.25) is 4.79 Å². The van der Waals surface area contributed by atoms with Gasteiger partial charge in [0, 0.05) is 43.0 Å². The number of hydrogen-bond donors (Lipinski definition) is 1. The number of aryl methyl sites for hydroxylation is 1. The molecule has 5 heteroatoms. The molecule has 0 radical (unpaired) electrons. The van der Waals surface area contributed by atoms with Crippen LogP contribution in [0.5, 0.6) is 0 Å². The molecule has 1 N–H and O–H groups in total. The minimum absolute atomic E-state index is 0.00773. The third kappa shape index (κ3) is 4.97. The molecule has 1 unspecified atom stereocenters. The third-order valence-electron chi connectivity index (χ3n) is 4.52. The van der Waals surface area contributed by atoms with Gasteiger partial charge in [0.25, 0.3) is 0 Å². The van der Waals surface area contributed by atoms with Crippen LogP contribution in [0.2, 0.25) is 5.02 Å². The third-order valence-corrected chi connectivity index (χ3v) is 4.76. The normalized spacial score (nSPS) is 16.9. The molecular formula is C20H23ClN2O2. The van der Waals surface area contributed by atoms with E-state index in [9.17, 15) is 4.79 Å². The first-order valence-electron chi connectivity index (χ1n) is 8.56. The van der Waals surface area contributed by atoms with Crippen molar-refractivity contribution in [3.8, 4) is 0 Å². The summed E-state index contributed by atoms with van der Waals surface area (Å²) >= 11 is 5.96. The Morgan fingerprint density at radius 3 is 2.76 bits per heavy atom. The van der Waals surface area contributed by atoms with Crippen molar-refractivity contribution in [2.75, 3.05) is 30.4 Å². The first-order valence-corrected chi connectivity index (χ1v) is 8.94. The Morgan fingerprint density at radius 1 is 1.28 bits per heavy atom. The molecule has 0 saturated carbocycles. The molecule has 132 valence electrons. The number of carbonyl (C=O) groups is 1. The first kappa shape index (κ1) is 17.8. The molecule has 2 aromatic carbocycles. The lowest BCUT2D eigenvalue weighted by Crippen LogP contribution is -2.22. The van der Waals surface area contributed by atoms with Crippen LogP contribution < -0.4 is 10.2 Å². The molecule has 0 aliphatic carbocycles. The number of halogens is 1. The van der Waals surface area contributed by atoms with E-state index in [2.05, 4.69) is 10.2 Å². The van der Waals surface area contributed by atoms with Gasteiger partial charge in [-0.1, -0.05) is 23.7 Å².